The summed E-state index contributed by atoms with van der Waals surface area (Å²) >= 11 is 0. The summed E-state index contributed by atoms with van der Waals surface area (Å²) in [5, 5.41) is 2.76. The Kier molecular flexibility index (Phi) is 7.88. The van der Waals surface area contributed by atoms with Crippen molar-refractivity contribution in [3.63, 3.8) is 0 Å². The lowest BCUT2D eigenvalue weighted by molar-refractivity contribution is 0.230. The summed E-state index contributed by atoms with van der Waals surface area (Å²) in [6, 6.07) is 18.4. The first kappa shape index (κ1) is 28.1. The Balaban J connectivity index is 2.12. The van der Waals surface area contributed by atoms with Crippen LogP contribution in [0.15, 0.2) is 66.7 Å². The highest BCUT2D eigenvalue weighted by Crippen LogP contribution is 2.49. The third kappa shape index (κ3) is 6.03. The normalized spacial score (nSPS) is 12.6. The van der Waals surface area contributed by atoms with Gasteiger partial charge in [-0.2, -0.15) is 16.8 Å². The summed E-state index contributed by atoms with van der Waals surface area (Å²) in [6.45, 7) is 3.76. The molecule has 0 amide bonds. The van der Waals surface area contributed by atoms with Crippen LogP contribution in [0.5, 0.6) is 11.5 Å². The Hall–Kier alpha value is -2.95. The molecule has 0 saturated carbocycles. The highest BCUT2D eigenvalue weighted by Gasteiger charge is 2.28. The monoisotopic (exact) mass is 578 g/mol. The molecule has 0 aromatic heterocycles. The van der Waals surface area contributed by atoms with E-state index in [0.29, 0.717) is 27.0 Å². The quantitative estimate of drug-likeness (QED) is 0.184. The van der Waals surface area contributed by atoms with Crippen LogP contribution < -0.4 is 13.7 Å². The van der Waals surface area contributed by atoms with Crippen molar-refractivity contribution in [1.82, 2.24) is 0 Å². The van der Waals surface area contributed by atoms with Gasteiger partial charge >= 0.3 is 27.8 Å². The number of hydrogen-bond donors (Lipinski definition) is 0. The number of rotatable bonds is 10. The molecular formula is C26H27O9PS2. The van der Waals surface area contributed by atoms with Crippen molar-refractivity contribution in [2.75, 3.05) is 25.7 Å². The Morgan fingerprint density at radius 3 is 1.68 bits per heavy atom. The van der Waals surface area contributed by atoms with Crippen molar-refractivity contribution < 1.29 is 38.8 Å². The van der Waals surface area contributed by atoms with Crippen LogP contribution in [-0.4, -0.2) is 42.6 Å². The fourth-order valence-electron chi connectivity index (χ4n) is 4.23. The predicted molar refractivity (Wildman–Crippen MR) is 148 cm³/mol. The molecule has 0 spiro atoms. The van der Waals surface area contributed by atoms with E-state index < -0.39 is 27.8 Å². The van der Waals surface area contributed by atoms with Crippen LogP contribution in [0.2, 0.25) is 0 Å². The molecule has 4 aromatic carbocycles. The molecular weight excluding hydrogens is 551 g/mol. The molecule has 0 aliphatic carbocycles. The highest BCUT2D eigenvalue weighted by atomic mass is 32.2. The molecule has 4 rings (SSSR count). The molecule has 0 heterocycles. The highest BCUT2D eigenvalue weighted by molar-refractivity contribution is 7.86. The first-order valence-electron chi connectivity index (χ1n) is 11.6. The van der Waals surface area contributed by atoms with Crippen LogP contribution in [0.1, 0.15) is 13.8 Å². The van der Waals surface area contributed by atoms with Crippen molar-refractivity contribution >= 4 is 54.7 Å². The van der Waals surface area contributed by atoms with Crippen molar-refractivity contribution in [3.05, 3.63) is 66.7 Å². The molecule has 0 atom stereocenters. The SMILES string of the molecule is CCOP(=O)(OCC)c1ccc2c(-c3c(OS(C)(=O)=O)ccc4ccccc34)c(OS(C)(=O)=O)ccc2c1. The summed E-state index contributed by atoms with van der Waals surface area (Å²) in [6.07, 6.45) is 1.84. The molecule has 0 fully saturated rings. The zero-order valence-corrected chi connectivity index (χ0v) is 23.7. The standard InChI is InChI=1S/C26H27O9PS2/c1-5-32-36(27,33-6-2)20-13-14-22-19(17-20)12-16-24(35-38(4,30)31)26(22)25-21-10-8-7-9-18(21)11-15-23(25)34-37(3,28)29/h7-17H,5-6H2,1-4H3. The first-order valence-corrected chi connectivity index (χ1v) is 16.8. The van der Waals surface area contributed by atoms with Crippen LogP contribution in [0.25, 0.3) is 32.7 Å². The van der Waals surface area contributed by atoms with Gasteiger partial charge in [0.25, 0.3) is 0 Å². The second kappa shape index (κ2) is 10.7. The molecule has 0 unspecified atom stereocenters. The molecule has 4 aromatic rings. The topological polar surface area (TPSA) is 122 Å². The molecule has 0 aliphatic heterocycles. The maximum absolute atomic E-state index is 13.4. The largest absolute Gasteiger partial charge is 0.382 e. The maximum Gasteiger partial charge on any atom is 0.361 e. The van der Waals surface area contributed by atoms with Gasteiger partial charge in [-0.15, -0.1) is 0 Å². The van der Waals surface area contributed by atoms with E-state index in [0.717, 1.165) is 17.9 Å². The van der Waals surface area contributed by atoms with E-state index in [1.165, 1.54) is 12.1 Å². The Morgan fingerprint density at radius 2 is 1.16 bits per heavy atom. The van der Waals surface area contributed by atoms with Gasteiger partial charge in [0.1, 0.15) is 0 Å². The summed E-state index contributed by atoms with van der Waals surface area (Å²) in [4.78, 5) is 0. The van der Waals surface area contributed by atoms with Gasteiger partial charge in [0, 0.05) is 11.1 Å². The second-order valence-corrected chi connectivity index (χ2v) is 13.6. The number of hydrogen-bond acceptors (Lipinski definition) is 9. The minimum absolute atomic E-state index is 0.00423. The Labute approximate surface area is 222 Å². The molecule has 12 heteroatoms. The Morgan fingerprint density at radius 1 is 0.658 bits per heavy atom. The maximum atomic E-state index is 13.4. The number of fused-ring (bicyclic) bond motifs is 2. The second-order valence-electron chi connectivity index (χ2n) is 8.41. The van der Waals surface area contributed by atoms with Crippen LogP contribution in [0.3, 0.4) is 0 Å². The fourth-order valence-corrected chi connectivity index (χ4v) is 6.76. The van der Waals surface area contributed by atoms with Crippen LogP contribution >= 0.6 is 7.60 Å². The van der Waals surface area contributed by atoms with Gasteiger partial charge in [-0.1, -0.05) is 42.5 Å². The third-order valence-corrected chi connectivity index (χ3v) is 8.57. The van der Waals surface area contributed by atoms with Crippen molar-refractivity contribution in [3.8, 4) is 22.6 Å². The van der Waals surface area contributed by atoms with Crippen molar-refractivity contribution in [1.29, 1.82) is 0 Å². The van der Waals surface area contributed by atoms with Gasteiger partial charge in [-0.3, -0.25) is 4.57 Å². The molecule has 9 nitrogen and oxygen atoms in total. The summed E-state index contributed by atoms with van der Waals surface area (Å²) in [5.41, 5.74) is 0.612. The Bertz CT molecular complexity index is 1770. The molecule has 0 radical (unpaired) electrons. The van der Waals surface area contributed by atoms with Crippen molar-refractivity contribution in [2.45, 2.75) is 13.8 Å². The molecule has 0 aliphatic rings. The minimum Gasteiger partial charge on any atom is -0.382 e. The lowest BCUT2D eigenvalue weighted by Crippen LogP contribution is -2.11. The average molecular weight is 579 g/mol. The molecule has 0 N–H and O–H groups in total. The molecule has 0 bridgehead atoms. The van der Waals surface area contributed by atoms with Gasteiger partial charge in [-0.25, -0.2) is 0 Å². The van der Waals surface area contributed by atoms with Gasteiger partial charge in [0.05, 0.1) is 31.0 Å². The van der Waals surface area contributed by atoms with Gasteiger partial charge in [0.15, 0.2) is 11.5 Å². The van der Waals surface area contributed by atoms with E-state index in [1.807, 2.05) is 12.1 Å². The van der Waals surface area contributed by atoms with E-state index in [9.17, 15) is 21.4 Å². The van der Waals surface area contributed by atoms with E-state index in [-0.39, 0.29) is 30.3 Å². The van der Waals surface area contributed by atoms with Crippen LogP contribution in [0.4, 0.5) is 0 Å². The van der Waals surface area contributed by atoms with E-state index in [1.54, 1.807) is 56.3 Å². The molecule has 0 saturated heterocycles. The minimum atomic E-state index is -3.97. The van der Waals surface area contributed by atoms with E-state index in [2.05, 4.69) is 0 Å². The lowest BCUT2D eigenvalue weighted by atomic mass is 9.92. The van der Waals surface area contributed by atoms with Gasteiger partial charge in [0.2, 0.25) is 0 Å². The smallest absolute Gasteiger partial charge is 0.361 e. The third-order valence-electron chi connectivity index (χ3n) is 5.50. The first-order chi connectivity index (χ1) is 17.8. The predicted octanol–water partition coefficient (Wildman–Crippen LogP) is 5.23. The summed E-state index contributed by atoms with van der Waals surface area (Å²) < 4.78 is 83.9. The summed E-state index contributed by atoms with van der Waals surface area (Å²) in [7, 11) is -11.5. The zero-order chi connectivity index (χ0) is 27.7. The fraction of sp³-hybridized carbons (Fsp3) is 0.231. The lowest BCUT2D eigenvalue weighted by Gasteiger charge is -2.20. The molecule has 202 valence electrons. The van der Waals surface area contributed by atoms with Crippen LogP contribution in [0, 0.1) is 0 Å². The zero-order valence-electron chi connectivity index (χ0n) is 21.2. The van der Waals surface area contributed by atoms with Gasteiger partial charge < -0.3 is 17.4 Å². The average Bonchev–Trinajstić information content (AvgIpc) is 2.82. The van der Waals surface area contributed by atoms with E-state index in [4.69, 9.17) is 17.4 Å². The van der Waals surface area contributed by atoms with Crippen molar-refractivity contribution in [2.24, 2.45) is 0 Å². The number of benzene rings is 4. The van der Waals surface area contributed by atoms with Crippen LogP contribution in [-0.2, 0) is 33.8 Å². The molecule has 38 heavy (non-hydrogen) atoms. The van der Waals surface area contributed by atoms with E-state index >= 15 is 0 Å². The van der Waals surface area contributed by atoms with Gasteiger partial charge in [-0.05, 0) is 59.7 Å². The summed E-state index contributed by atoms with van der Waals surface area (Å²) in [5.74, 6) is -0.0318.